The predicted molar refractivity (Wildman–Crippen MR) is 262 cm³/mol. The van der Waals surface area contributed by atoms with Crippen LogP contribution in [0.3, 0.4) is 0 Å². The molecular formula is C51H70O34. The summed E-state index contributed by atoms with van der Waals surface area (Å²) in [5.41, 5.74) is 0. The van der Waals surface area contributed by atoms with Crippen LogP contribution >= 0.6 is 0 Å². The van der Waals surface area contributed by atoms with Gasteiger partial charge in [0, 0.05) is 83.1 Å². The van der Waals surface area contributed by atoms with Crippen molar-refractivity contribution in [3.63, 3.8) is 0 Å². The zero-order valence-electron chi connectivity index (χ0n) is 48.4. The molecular weight excluding hydrogens is 1160 g/mol. The Hall–Kier alpha value is -6.76. The summed E-state index contributed by atoms with van der Waals surface area (Å²) in [7, 11) is 0. The summed E-state index contributed by atoms with van der Waals surface area (Å²) in [5.74, 6) is -11.7. The molecule has 22 atom stereocenters. The molecule has 0 amide bonds. The van der Waals surface area contributed by atoms with Crippen molar-refractivity contribution in [1.29, 1.82) is 0 Å². The molecule has 0 saturated carbocycles. The molecule has 85 heavy (non-hydrogen) atoms. The van der Waals surface area contributed by atoms with Crippen LogP contribution in [0.2, 0.25) is 0 Å². The number of ether oxygens (including phenoxy) is 21. The zero-order chi connectivity index (χ0) is 63.3. The Morgan fingerprint density at radius 3 is 1.06 bits per heavy atom. The molecule has 1 N–H and O–H groups in total. The van der Waals surface area contributed by atoms with Crippen molar-refractivity contribution in [2.24, 2.45) is 0 Å². The van der Waals surface area contributed by atoms with E-state index in [-0.39, 0.29) is 0 Å². The van der Waals surface area contributed by atoms with Gasteiger partial charge in [-0.3, -0.25) is 57.5 Å². The minimum atomic E-state index is -2.13. The SMILES string of the molecule is CC(=O)OC[C@H]1O[C@@H](O[C@@H]2[C@@H](OC(C)=O)[C@H](C)O[C@@H](O[C@H]3C(O)OC[C@H](OC(C)=O)[C@@H]3OC(C)=O)[C@@H]2OC(C)=O)[C@H](OC(C)=O)[C@@H](OC(C)=O)[C@@H]1O[C@@H]1OC[C@H](OC(C)=O)[C@H](O[C@@H]2OC[C@@H](OC(C)=O)[C@H](OC(C)=O)[C@H]2OC(C)=O)[C@H]1OC(C)=O. The standard InChI is InChI=1S/C51H70O34/c1-18-35(73-23(6)56)40(45(79-29(12)62)50(69-18)85-42-37(74-24(7)57)31(70-20(3)53)15-66-47(42)64)84-51-46(80-30(13)63)41(76-26(9)59)36(34(81-51)14-65-19(2)52)82-49-44(78-28(11)61)39(33(17-68-49)72-22(5)55)83-48-43(77-27(10)60)38(75-25(8)58)32(16-67-48)71-21(4)54/h18,31-51,64H,14-17H2,1-13H3/t18-,31-,32+,33-,34+,35-,36+,37-,38-,39-,40+,41-,42+,43+,44+,45+,46+,47?,48-,49-,50-,51-/m0/s1. The summed E-state index contributed by atoms with van der Waals surface area (Å²) in [5, 5.41) is 11.1. The van der Waals surface area contributed by atoms with Crippen LogP contribution in [-0.4, -0.2) is 238 Å². The number of carbonyl (C=O) groups excluding carboxylic acids is 12. The van der Waals surface area contributed by atoms with Gasteiger partial charge in [0.25, 0.3) is 0 Å². The van der Waals surface area contributed by atoms with E-state index >= 15 is 0 Å². The van der Waals surface area contributed by atoms with Crippen LogP contribution in [0.1, 0.15) is 90.0 Å². The number of esters is 12. The van der Waals surface area contributed by atoms with E-state index in [4.69, 9.17) is 99.5 Å². The van der Waals surface area contributed by atoms with Crippen LogP contribution in [0.15, 0.2) is 0 Å². The molecule has 5 saturated heterocycles. The molecule has 5 aliphatic rings. The maximum absolute atomic E-state index is 13.3. The molecule has 5 heterocycles. The highest BCUT2D eigenvalue weighted by Gasteiger charge is 2.60. The molecule has 0 aliphatic carbocycles. The van der Waals surface area contributed by atoms with Gasteiger partial charge in [-0.15, -0.1) is 0 Å². The molecule has 1 unspecified atom stereocenters. The molecule has 0 spiro atoms. The highest BCUT2D eigenvalue weighted by Crippen LogP contribution is 2.39. The lowest BCUT2D eigenvalue weighted by Crippen LogP contribution is -2.68. The summed E-state index contributed by atoms with van der Waals surface area (Å²) in [6.45, 7) is 10.5. The van der Waals surface area contributed by atoms with Gasteiger partial charge in [0.05, 0.1) is 25.9 Å². The van der Waals surface area contributed by atoms with Crippen LogP contribution in [-0.2, 0) is 157 Å². The van der Waals surface area contributed by atoms with Gasteiger partial charge >= 0.3 is 71.6 Å². The van der Waals surface area contributed by atoms with Gasteiger partial charge in [-0.1, -0.05) is 0 Å². The first-order chi connectivity index (χ1) is 39.8. The van der Waals surface area contributed by atoms with Gasteiger partial charge in [-0.2, -0.15) is 0 Å². The van der Waals surface area contributed by atoms with Crippen LogP contribution in [0.25, 0.3) is 0 Å². The molecule has 0 radical (unpaired) electrons. The van der Waals surface area contributed by atoms with E-state index in [9.17, 15) is 62.6 Å². The quantitative estimate of drug-likeness (QED) is 0.0947. The van der Waals surface area contributed by atoms with Crippen molar-refractivity contribution in [1.82, 2.24) is 0 Å². The monoisotopic (exact) mass is 1230 g/mol. The fourth-order valence-electron chi connectivity index (χ4n) is 9.69. The Kier molecular flexibility index (Phi) is 25.2. The van der Waals surface area contributed by atoms with E-state index in [0.29, 0.717) is 0 Å². The van der Waals surface area contributed by atoms with E-state index in [1.54, 1.807) is 0 Å². The molecule has 0 bridgehead atoms. The fraction of sp³-hybridized carbons (Fsp3) is 0.765. The van der Waals surface area contributed by atoms with Crippen LogP contribution in [0.4, 0.5) is 0 Å². The summed E-state index contributed by atoms with van der Waals surface area (Å²) >= 11 is 0. The normalized spacial score (nSPS) is 35.4. The van der Waals surface area contributed by atoms with E-state index in [0.717, 1.165) is 83.1 Å². The van der Waals surface area contributed by atoms with Crippen molar-refractivity contribution in [3.05, 3.63) is 0 Å². The third kappa shape index (κ3) is 19.6. The molecule has 34 nitrogen and oxygen atoms in total. The summed E-state index contributed by atoms with van der Waals surface area (Å²) in [4.78, 5) is 152. The number of carbonyl (C=O) groups is 12. The summed E-state index contributed by atoms with van der Waals surface area (Å²) < 4.78 is 122. The lowest BCUT2D eigenvalue weighted by molar-refractivity contribution is -0.387. The van der Waals surface area contributed by atoms with Gasteiger partial charge < -0.3 is 105 Å². The lowest BCUT2D eigenvalue weighted by Gasteiger charge is -2.50. The van der Waals surface area contributed by atoms with Gasteiger partial charge in [-0.25, -0.2) is 0 Å². The van der Waals surface area contributed by atoms with Crippen molar-refractivity contribution in [3.8, 4) is 0 Å². The van der Waals surface area contributed by atoms with Gasteiger partial charge in [-0.05, 0) is 6.92 Å². The number of aliphatic hydroxyl groups excluding tert-OH is 1. The van der Waals surface area contributed by atoms with Crippen molar-refractivity contribution < 1.29 is 162 Å². The zero-order valence-corrected chi connectivity index (χ0v) is 48.4. The first-order valence-corrected chi connectivity index (χ1v) is 26.3. The second-order valence-electron chi connectivity index (χ2n) is 19.6. The molecule has 5 rings (SSSR count). The maximum Gasteiger partial charge on any atom is 0.303 e. The summed E-state index contributed by atoms with van der Waals surface area (Å²) in [6.07, 6.45) is -39.4. The molecule has 0 aromatic rings. The smallest absolute Gasteiger partial charge is 0.303 e. The minimum Gasteiger partial charge on any atom is -0.463 e. The summed E-state index contributed by atoms with van der Waals surface area (Å²) in [6, 6.07) is 0. The van der Waals surface area contributed by atoms with E-state index in [1.165, 1.54) is 6.92 Å². The van der Waals surface area contributed by atoms with Gasteiger partial charge in [0.1, 0.15) is 31.0 Å². The average molecular weight is 1230 g/mol. The first-order valence-electron chi connectivity index (χ1n) is 26.3. The Balaban J connectivity index is 1.63. The molecule has 0 aromatic heterocycles. The van der Waals surface area contributed by atoms with Crippen molar-refractivity contribution >= 4 is 71.6 Å². The molecule has 5 aliphatic heterocycles. The number of hydrogen-bond acceptors (Lipinski definition) is 34. The van der Waals surface area contributed by atoms with E-state index in [1.807, 2.05) is 0 Å². The molecule has 478 valence electrons. The molecule has 0 aromatic carbocycles. The average Bonchev–Trinajstić information content (AvgIpc) is 1.47. The maximum atomic E-state index is 13.3. The Bertz CT molecular complexity index is 2430. The fourth-order valence-corrected chi connectivity index (χ4v) is 9.69. The second-order valence-corrected chi connectivity index (χ2v) is 19.6. The Labute approximate surface area is 484 Å². The lowest BCUT2D eigenvalue weighted by atomic mass is 9.95. The minimum absolute atomic E-state index is 0.499. The first kappa shape index (κ1) is 69.0. The number of hydrogen-bond donors (Lipinski definition) is 1. The molecule has 5 fully saturated rings. The number of rotatable bonds is 21. The van der Waals surface area contributed by atoms with E-state index in [2.05, 4.69) is 0 Å². The largest absolute Gasteiger partial charge is 0.463 e. The van der Waals surface area contributed by atoms with Gasteiger partial charge in [0.2, 0.25) is 0 Å². The second kappa shape index (κ2) is 31.1. The van der Waals surface area contributed by atoms with Gasteiger partial charge in [0.15, 0.2) is 105 Å². The van der Waals surface area contributed by atoms with E-state index < -0.39 is 233 Å². The van der Waals surface area contributed by atoms with Crippen molar-refractivity contribution in [2.75, 3.05) is 26.4 Å². The molecule has 34 heteroatoms. The van der Waals surface area contributed by atoms with Crippen molar-refractivity contribution in [2.45, 2.75) is 225 Å². The third-order valence-corrected chi connectivity index (χ3v) is 12.5. The van der Waals surface area contributed by atoms with Crippen LogP contribution in [0, 0.1) is 0 Å². The third-order valence-electron chi connectivity index (χ3n) is 12.5. The topological polar surface area (TPSA) is 419 Å². The van der Waals surface area contributed by atoms with Crippen LogP contribution in [0.5, 0.6) is 0 Å². The highest BCUT2D eigenvalue weighted by molar-refractivity contribution is 5.71. The number of aliphatic hydroxyl groups is 1. The predicted octanol–water partition coefficient (Wildman–Crippen LogP) is -2.13. The highest BCUT2D eigenvalue weighted by atomic mass is 16.8. The Morgan fingerprint density at radius 1 is 0.318 bits per heavy atom. The Morgan fingerprint density at radius 2 is 0.624 bits per heavy atom. The van der Waals surface area contributed by atoms with Crippen LogP contribution < -0.4 is 0 Å².